The van der Waals surface area contributed by atoms with Crippen LogP contribution in [0.15, 0.2) is 36.4 Å². The number of carboxylic acids is 1. The van der Waals surface area contributed by atoms with Crippen LogP contribution in [0, 0.1) is 13.8 Å². The minimum Gasteiger partial charge on any atom is -0.481 e. The van der Waals surface area contributed by atoms with Crippen LogP contribution >= 0.6 is 11.6 Å². The van der Waals surface area contributed by atoms with Crippen LogP contribution in [-0.2, 0) is 11.2 Å². The number of benzene rings is 2. The molecule has 2 N–H and O–H groups in total. The van der Waals surface area contributed by atoms with Crippen LogP contribution in [0.5, 0.6) is 0 Å². The second-order valence-corrected chi connectivity index (χ2v) is 6.64. The third kappa shape index (κ3) is 3.60. The zero-order valence-corrected chi connectivity index (χ0v) is 14.4. The summed E-state index contributed by atoms with van der Waals surface area (Å²) in [4.78, 5) is 19.2. The maximum absolute atomic E-state index is 11.3. The number of nitrogens with one attached hydrogen (secondary N) is 1. The molecule has 0 saturated heterocycles. The summed E-state index contributed by atoms with van der Waals surface area (Å²) in [5.41, 5.74) is 5.04. The number of hydrogen-bond donors (Lipinski definition) is 2. The lowest BCUT2D eigenvalue weighted by atomic mass is 9.89. The van der Waals surface area contributed by atoms with E-state index in [0.717, 1.165) is 33.5 Å². The number of aromatic nitrogens is 2. The van der Waals surface area contributed by atoms with E-state index in [4.69, 9.17) is 11.6 Å². The first-order chi connectivity index (χ1) is 11.4. The highest BCUT2D eigenvalue weighted by molar-refractivity contribution is 6.30. The smallest absolute Gasteiger partial charge is 0.303 e. The van der Waals surface area contributed by atoms with Gasteiger partial charge < -0.3 is 10.1 Å². The number of aryl methyl sites for hydroxylation is 2. The average Bonchev–Trinajstić information content (AvgIpc) is 2.87. The summed E-state index contributed by atoms with van der Waals surface area (Å²) in [5.74, 6) is -0.168. The number of carboxylic acid groups (broad SMARTS) is 1. The predicted octanol–water partition coefficient (Wildman–Crippen LogP) is 4.63. The van der Waals surface area contributed by atoms with E-state index in [0.29, 0.717) is 11.4 Å². The molecule has 0 saturated carbocycles. The minimum atomic E-state index is -0.818. The average molecular weight is 343 g/mol. The van der Waals surface area contributed by atoms with Crippen molar-refractivity contribution < 1.29 is 9.90 Å². The Hall–Kier alpha value is -2.33. The number of rotatable bonds is 5. The van der Waals surface area contributed by atoms with Gasteiger partial charge in [-0.25, -0.2) is 4.98 Å². The van der Waals surface area contributed by atoms with Crippen LogP contribution in [0.3, 0.4) is 0 Å². The SMILES string of the molecule is Cc1ccc2nc(CC(CC(=O)O)c3ccc(Cl)cc3C)[nH]c2c1. The summed E-state index contributed by atoms with van der Waals surface area (Å²) >= 11 is 6.02. The van der Waals surface area contributed by atoms with E-state index in [9.17, 15) is 9.90 Å². The van der Waals surface area contributed by atoms with Crippen molar-refractivity contribution in [3.8, 4) is 0 Å². The zero-order valence-electron chi connectivity index (χ0n) is 13.6. The van der Waals surface area contributed by atoms with Crippen molar-refractivity contribution in [1.29, 1.82) is 0 Å². The highest BCUT2D eigenvalue weighted by Crippen LogP contribution is 2.29. The van der Waals surface area contributed by atoms with E-state index >= 15 is 0 Å². The molecule has 0 radical (unpaired) electrons. The van der Waals surface area contributed by atoms with Gasteiger partial charge in [-0.15, -0.1) is 0 Å². The molecule has 0 aliphatic carbocycles. The predicted molar refractivity (Wildman–Crippen MR) is 95.7 cm³/mol. The van der Waals surface area contributed by atoms with E-state index in [1.54, 1.807) is 6.07 Å². The molecule has 1 heterocycles. The third-order valence-electron chi connectivity index (χ3n) is 4.22. The van der Waals surface area contributed by atoms with Gasteiger partial charge in [0.15, 0.2) is 0 Å². The summed E-state index contributed by atoms with van der Waals surface area (Å²) in [6.45, 7) is 3.99. The quantitative estimate of drug-likeness (QED) is 0.710. The van der Waals surface area contributed by atoms with Gasteiger partial charge in [0.2, 0.25) is 0 Å². The van der Waals surface area contributed by atoms with Gasteiger partial charge in [-0.2, -0.15) is 0 Å². The van der Waals surface area contributed by atoms with E-state index < -0.39 is 5.97 Å². The summed E-state index contributed by atoms with van der Waals surface area (Å²) in [5, 5.41) is 9.95. The second kappa shape index (κ2) is 6.65. The molecule has 0 spiro atoms. The van der Waals surface area contributed by atoms with Crippen molar-refractivity contribution in [3.05, 3.63) is 63.9 Å². The van der Waals surface area contributed by atoms with Gasteiger partial charge in [-0.1, -0.05) is 23.7 Å². The van der Waals surface area contributed by atoms with Crippen LogP contribution in [-0.4, -0.2) is 21.0 Å². The number of imidazole rings is 1. The number of carbonyl (C=O) groups is 1. The Labute approximate surface area is 145 Å². The van der Waals surface area contributed by atoms with Gasteiger partial charge in [-0.3, -0.25) is 4.79 Å². The van der Waals surface area contributed by atoms with Crippen molar-refractivity contribution >= 4 is 28.6 Å². The molecule has 1 aromatic heterocycles. The molecule has 0 amide bonds. The van der Waals surface area contributed by atoms with Gasteiger partial charge in [0.1, 0.15) is 5.82 Å². The Morgan fingerprint density at radius 3 is 2.75 bits per heavy atom. The van der Waals surface area contributed by atoms with Crippen LogP contribution in [0.4, 0.5) is 0 Å². The van der Waals surface area contributed by atoms with Gasteiger partial charge in [0.25, 0.3) is 0 Å². The van der Waals surface area contributed by atoms with E-state index in [2.05, 4.69) is 9.97 Å². The van der Waals surface area contributed by atoms with E-state index in [1.165, 1.54) is 0 Å². The molecule has 2 aromatic carbocycles. The maximum atomic E-state index is 11.3. The van der Waals surface area contributed by atoms with Crippen molar-refractivity contribution in [2.45, 2.75) is 32.6 Å². The first-order valence-corrected chi connectivity index (χ1v) is 8.23. The standard InChI is InChI=1S/C19H19ClN2O2/c1-11-3-6-16-17(7-11)22-18(21-16)9-13(10-19(23)24)15-5-4-14(20)8-12(15)2/h3-8,13H,9-10H2,1-2H3,(H,21,22)(H,23,24). The van der Waals surface area contributed by atoms with Crippen LogP contribution in [0.1, 0.15) is 34.9 Å². The van der Waals surface area contributed by atoms with Crippen LogP contribution in [0.25, 0.3) is 11.0 Å². The molecule has 0 aliphatic rings. The maximum Gasteiger partial charge on any atom is 0.303 e. The number of aliphatic carboxylic acids is 1. The fourth-order valence-electron chi connectivity index (χ4n) is 3.11. The summed E-state index contributed by atoms with van der Waals surface area (Å²) in [6.07, 6.45) is 0.598. The normalized spacial score (nSPS) is 12.5. The topological polar surface area (TPSA) is 66.0 Å². The third-order valence-corrected chi connectivity index (χ3v) is 4.45. The zero-order chi connectivity index (χ0) is 17.3. The lowest BCUT2D eigenvalue weighted by Gasteiger charge is -2.17. The lowest BCUT2D eigenvalue weighted by Crippen LogP contribution is -2.11. The van der Waals surface area contributed by atoms with Gasteiger partial charge in [-0.05, 0) is 54.8 Å². The molecular formula is C19H19ClN2O2. The second-order valence-electron chi connectivity index (χ2n) is 6.20. The number of H-pyrrole nitrogens is 1. The molecule has 3 rings (SSSR count). The first kappa shape index (κ1) is 16.5. The molecule has 124 valence electrons. The summed E-state index contributed by atoms with van der Waals surface area (Å²) in [6, 6.07) is 11.6. The highest BCUT2D eigenvalue weighted by Gasteiger charge is 2.20. The molecule has 24 heavy (non-hydrogen) atoms. The summed E-state index contributed by atoms with van der Waals surface area (Å²) < 4.78 is 0. The number of hydrogen-bond acceptors (Lipinski definition) is 2. The Morgan fingerprint density at radius 1 is 1.25 bits per heavy atom. The van der Waals surface area contributed by atoms with Crippen molar-refractivity contribution in [2.75, 3.05) is 0 Å². The Bertz CT molecular complexity index is 902. The molecule has 0 aliphatic heterocycles. The van der Waals surface area contributed by atoms with Crippen molar-refractivity contribution in [1.82, 2.24) is 9.97 Å². The molecule has 0 fully saturated rings. The fourth-order valence-corrected chi connectivity index (χ4v) is 3.33. The van der Waals surface area contributed by atoms with E-state index in [-0.39, 0.29) is 12.3 Å². The van der Waals surface area contributed by atoms with Crippen LogP contribution in [0.2, 0.25) is 5.02 Å². The fraction of sp³-hybridized carbons (Fsp3) is 0.263. The molecular weight excluding hydrogens is 324 g/mol. The molecule has 5 heteroatoms. The van der Waals surface area contributed by atoms with Crippen molar-refractivity contribution in [3.63, 3.8) is 0 Å². The Kier molecular flexibility index (Phi) is 4.58. The van der Waals surface area contributed by atoms with Crippen molar-refractivity contribution in [2.24, 2.45) is 0 Å². The minimum absolute atomic E-state index is 0.0541. The first-order valence-electron chi connectivity index (χ1n) is 7.85. The molecule has 3 aromatic rings. The summed E-state index contributed by atoms with van der Waals surface area (Å²) in [7, 11) is 0. The monoisotopic (exact) mass is 342 g/mol. The van der Waals surface area contributed by atoms with Crippen LogP contribution < -0.4 is 0 Å². The molecule has 4 nitrogen and oxygen atoms in total. The number of halogens is 1. The number of aromatic amines is 1. The molecule has 1 atom stereocenters. The molecule has 1 unspecified atom stereocenters. The number of nitrogens with zero attached hydrogens (tertiary/aromatic N) is 1. The Balaban J connectivity index is 1.94. The van der Waals surface area contributed by atoms with Gasteiger partial charge in [0.05, 0.1) is 17.5 Å². The van der Waals surface area contributed by atoms with Gasteiger partial charge in [0, 0.05) is 17.4 Å². The lowest BCUT2D eigenvalue weighted by molar-refractivity contribution is -0.137. The Morgan fingerprint density at radius 2 is 2.04 bits per heavy atom. The highest BCUT2D eigenvalue weighted by atomic mass is 35.5. The molecule has 0 bridgehead atoms. The number of fused-ring (bicyclic) bond motifs is 1. The van der Waals surface area contributed by atoms with E-state index in [1.807, 2.05) is 44.2 Å². The largest absolute Gasteiger partial charge is 0.481 e. The van der Waals surface area contributed by atoms with Gasteiger partial charge >= 0.3 is 5.97 Å².